The lowest BCUT2D eigenvalue weighted by molar-refractivity contribution is -0.308. The standard InChI is InChI=1S/C8H11F3O2/c1-3-4-7(6(2)5-12)13-8(9,10)11/h3-4,6,12H,1,5H2,2H3/b7-4+. The van der Waals surface area contributed by atoms with Crippen molar-refractivity contribution in [2.24, 2.45) is 5.92 Å². The largest absolute Gasteiger partial charge is 0.572 e. The molecule has 0 bridgehead atoms. The van der Waals surface area contributed by atoms with Gasteiger partial charge in [-0.1, -0.05) is 19.6 Å². The molecule has 13 heavy (non-hydrogen) atoms. The molecule has 0 saturated heterocycles. The highest BCUT2D eigenvalue weighted by molar-refractivity contribution is 5.07. The lowest BCUT2D eigenvalue weighted by atomic mass is 10.1. The summed E-state index contributed by atoms with van der Waals surface area (Å²) < 4.78 is 38.9. The minimum absolute atomic E-state index is 0.343. The Kier molecular flexibility index (Phi) is 4.55. The monoisotopic (exact) mass is 196 g/mol. The first-order valence-corrected chi connectivity index (χ1v) is 3.60. The third-order valence-corrected chi connectivity index (χ3v) is 1.28. The molecule has 0 aromatic carbocycles. The average molecular weight is 196 g/mol. The summed E-state index contributed by atoms with van der Waals surface area (Å²) >= 11 is 0. The van der Waals surface area contributed by atoms with Crippen LogP contribution in [0.1, 0.15) is 6.92 Å². The molecule has 1 N–H and O–H groups in total. The summed E-state index contributed by atoms with van der Waals surface area (Å²) in [6.07, 6.45) is -2.47. The van der Waals surface area contributed by atoms with E-state index in [1.165, 1.54) is 13.0 Å². The molecular weight excluding hydrogens is 185 g/mol. The van der Waals surface area contributed by atoms with Gasteiger partial charge in [0.05, 0.1) is 6.61 Å². The number of allylic oxidation sites excluding steroid dienone is 2. The molecular formula is C8H11F3O2. The summed E-state index contributed by atoms with van der Waals surface area (Å²) in [7, 11) is 0. The fourth-order valence-electron chi connectivity index (χ4n) is 0.639. The molecule has 0 aromatic rings. The van der Waals surface area contributed by atoms with Gasteiger partial charge in [0, 0.05) is 5.92 Å². The van der Waals surface area contributed by atoms with E-state index in [1.807, 2.05) is 0 Å². The molecule has 0 aliphatic carbocycles. The van der Waals surface area contributed by atoms with E-state index in [0.29, 0.717) is 0 Å². The molecule has 76 valence electrons. The molecule has 0 aromatic heterocycles. The Labute approximate surface area is 74.3 Å². The molecule has 1 atom stereocenters. The predicted octanol–water partition coefficient (Wildman–Crippen LogP) is 2.22. The van der Waals surface area contributed by atoms with Crippen molar-refractivity contribution < 1.29 is 23.0 Å². The van der Waals surface area contributed by atoms with E-state index in [2.05, 4.69) is 11.3 Å². The van der Waals surface area contributed by atoms with Crippen LogP contribution < -0.4 is 0 Å². The molecule has 0 spiro atoms. The van der Waals surface area contributed by atoms with E-state index >= 15 is 0 Å². The number of hydrogen-bond donors (Lipinski definition) is 1. The quantitative estimate of drug-likeness (QED) is 0.551. The van der Waals surface area contributed by atoms with Gasteiger partial charge in [-0.2, -0.15) is 0 Å². The summed E-state index contributed by atoms with van der Waals surface area (Å²) in [6, 6.07) is 0. The Balaban J connectivity index is 4.45. The maximum Gasteiger partial charge on any atom is 0.572 e. The van der Waals surface area contributed by atoms with Crippen molar-refractivity contribution >= 4 is 0 Å². The van der Waals surface area contributed by atoms with E-state index in [0.717, 1.165) is 6.08 Å². The van der Waals surface area contributed by atoms with Crippen molar-refractivity contribution in [3.63, 3.8) is 0 Å². The maximum absolute atomic E-state index is 11.7. The van der Waals surface area contributed by atoms with Crippen molar-refractivity contribution in [3.05, 3.63) is 24.5 Å². The van der Waals surface area contributed by atoms with Crippen LogP contribution >= 0.6 is 0 Å². The van der Waals surface area contributed by atoms with E-state index < -0.39 is 18.9 Å². The highest BCUT2D eigenvalue weighted by atomic mass is 19.4. The van der Waals surface area contributed by atoms with Crippen molar-refractivity contribution in [2.75, 3.05) is 6.61 Å². The molecule has 0 aliphatic rings. The van der Waals surface area contributed by atoms with Crippen molar-refractivity contribution in [3.8, 4) is 0 Å². The normalized spacial score (nSPS) is 15.3. The Morgan fingerprint density at radius 3 is 2.46 bits per heavy atom. The lowest BCUT2D eigenvalue weighted by Gasteiger charge is -2.16. The number of aliphatic hydroxyl groups is 1. The van der Waals surface area contributed by atoms with Crippen LogP contribution in [-0.2, 0) is 4.74 Å². The Morgan fingerprint density at radius 2 is 2.15 bits per heavy atom. The van der Waals surface area contributed by atoms with Crippen LogP contribution in [0.4, 0.5) is 13.2 Å². The molecule has 0 aliphatic heterocycles. The molecule has 0 rings (SSSR count). The van der Waals surface area contributed by atoms with E-state index in [1.54, 1.807) is 0 Å². The smallest absolute Gasteiger partial charge is 0.410 e. The third kappa shape index (κ3) is 5.30. The molecule has 1 unspecified atom stereocenters. The van der Waals surface area contributed by atoms with Gasteiger partial charge in [-0.3, -0.25) is 0 Å². The first kappa shape index (κ1) is 12.0. The van der Waals surface area contributed by atoms with Crippen LogP contribution in [0.3, 0.4) is 0 Å². The molecule has 0 heterocycles. The van der Waals surface area contributed by atoms with Gasteiger partial charge in [-0.05, 0) is 6.08 Å². The highest BCUT2D eigenvalue weighted by Gasteiger charge is 2.33. The van der Waals surface area contributed by atoms with Gasteiger partial charge in [0.25, 0.3) is 0 Å². The predicted molar refractivity (Wildman–Crippen MR) is 41.7 cm³/mol. The number of ether oxygens (including phenoxy) is 1. The second-order valence-electron chi connectivity index (χ2n) is 2.44. The summed E-state index contributed by atoms with van der Waals surface area (Å²) in [5, 5.41) is 8.61. The summed E-state index contributed by atoms with van der Waals surface area (Å²) in [6.45, 7) is 4.25. The van der Waals surface area contributed by atoms with Crippen molar-refractivity contribution in [1.29, 1.82) is 0 Å². The van der Waals surface area contributed by atoms with Crippen LogP contribution in [0.25, 0.3) is 0 Å². The number of aliphatic hydroxyl groups excluding tert-OH is 1. The van der Waals surface area contributed by atoms with Crippen molar-refractivity contribution in [1.82, 2.24) is 0 Å². The SMILES string of the molecule is C=C/C=C(/OC(F)(F)F)C(C)CO. The molecule has 0 radical (unpaired) electrons. The zero-order valence-corrected chi connectivity index (χ0v) is 7.14. The van der Waals surface area contributed by atoms with E-state index in [9.17, 15) is 13.2 Å². The van der Waals surface area contributed by atoms with Gasteiger partial charge in [0.1, 0.15) is 5.76 Å². The fraction of sp³-hybridized carbons (Fsp3) is 0.500. The van der Waals surface area contributed by atoms with Crippen LogP contribution in [-0.4, -0.2) is 18.1 Å². The zero-order chi connectivity index (χ0) is 10.5. The second kappa shape index (κ2) is 4.91. The summed E-state index contributed by atoms with van der Waals surface area (Å²) in [5.41, 5.74) is 0. The number of halogens is 3. The summed E-state index contributed by atoms with van der Waals surface area (Å²) in [5.74, 6) is -1.04. The van der Waals surface area contributed by atoms with Gasteiger partial charge >= 0.3 is 6.36 Å². The highest BCUT2D eigenvalue weighted by Crippen LogP contribution is 2.24. The molecule has 0 amide bonds. The number of alkyl halides is 3. The van der Waals surface area contributed by atoms with Gasteiger partial charge in [0.15, 0.2) is 0 Å². The topological polar surface area (TPSA) is 29.5 Å². The Hall–Kier alpha value is -0.970. The maximum atomic E-state index is 11.7. The van der Waals surface area contributed by atoms with Gasteiger partial charge in [-0.15, -0.1) is 13.2 Å². The Bertz CT molecular complexity index is 196. The minimum Gasteiger partial charge on any atom is -0.410 e. The van der Waals surface area contributed by atoms with Gasteiger partial charge in [-0.25, -0.2) is 0 Å². The van der Waals surface area contributed by atoms with Crippen molar-refractivity contribution in [2.45, 2.75) is 13.3 Å². The van der Waals surface area contributed by atoms with Gasteiger partial charge in [0.2, 0.25) is 0 Å². The zero-order valence-electron chi connectivity index (χ0n) is 7.14. The molecule has 0 fully saturated rings. The van der Waals surface area contributed by atoms with E-state index in [-0.39, 0.29) is 5.76 Å². The second-order valence-corrected chi connectivity index (χ2v) is 2.44. The number of hydrogen-bond acceptors (Lipinski definition) is 2. The first-order chi connectivity index (χ1) is 5.90. The van der Waals surface area contributed by atoms with Gasteiger partial charge < -0.3 is 9.84 Å². The van der Waals surface area contributed by atoms with Crippen LogP contribution in [0.15, 0.2) is 24.5 Å². The van der Waals surface area contributed by atoms with Crippen LogP contribution in [0, 0.1) is 5.92 Å². The van der Waals surface area contributed by atoms with E-state index in [4.69, 9.17) is 5.11 Å². The first-order valence-electron chi connectivity index (χ1n) is 3.60. The molecule has 0 saturated carbocycles. The lowest BCUT2D eigenvalue weighted by Crippen LogP contribution is -2.18. The molecule has 2 nitrogen and oxygen atoms in total. The number of rotatable bonds is 4. The van der Waals surface area contributed by atoms with Crippen LogP contribution in [0.5, 0.6) is 0 Å². The third-order valence-electron chi connectivity index (χ3n) is 1.28. The average Bonchev–Trinajstić information content (AvgIpc) is 2.00. The van der Waals surface area contributed by atoms with Crippen LogP contribution in [0.2, 0.25) is 0 Å². The fourth-order valence-corrected chi connectivity index (χ4v) is 0.639. The minimum atomic E-state index is -4.72. The molecule has 5 heteroatoms. The Morgan fingerprint density at radius 1 is 1.62 bits per heavy atom. The summed E-state index contributed by atoms with van der Waals surface area (Å²) in [4.78, 5) is 0.